The van der Waals surface area contributed by atoms with Gasteiger partial charge in [-0.15, -0.1) is 0 Å². The van der Waals surface area contributed by atoms with Gasteiger partial charge >= 0.3 is 0 Å². The Kier molecular flexibility index (Phi) is 5.55. The van der Waals surface area contributed by atoms with Gasteiger partial charge in [0.25, 0.3) is 0 Å². The summed E-state index contributed by atoms with van der Waals surface area (Å²) in [6, 6.07) is 0. The number of hydrogen-bond donors (Lipinski definition) is 0. The Morgan fingerprint density at radius 2 is 0.692 bits per heavy atom. The first-order valence-corrected chi connectivity index (χ1v) is 11.7. The molecule has 9 heterocycles. The van der Waals surface area contributed by atoms with Crippen molar-refractivity contribution < 1.29 is 0 Å². The summed E-state index contributed by atoms with van der Waals surface area (Å²) in [7, 11) is 0. The molecule has 0 atom stereocenters. The maximum Gasteiger partial charge on any atom is 0.0110 e. The second-order valence-electron chi connectivity index (χ2n) is 10.3. The average molecular weight is 361 g/mol. The van der Waals surface area contributed by atoms with Gasteiger partial charge in [0.15, 0.2) is 0 Å². The highest BCUT2D eigenvalue weighted by Gasteiger charge is 2.40. The molecule has 1 saturated carbocycles. The average Bonchev–Trinajstić information content (AvgIpc) is 2.71. The Hall–Kier alpha value is -0.160. The molecule has 10 aliphatic rings. The van der Waals surface area contributed by atoms with Gasteiger partial charge in [-0.1, -0.05) is 0 Å². The molecule has 9 saturated heterocycles. The van der Waals surface area contributed by atoms with Gasteiger partial charge in [0.1, 0.15) is 0 Å². The van der Waals surface area contributed by atoms with Crippen LogP contribution in [0.4, 0.5) is 0 Å². The predicted octanol–water partition coefficient (Wildman–Crippen LogP) is 2.07. The SMILES string of the molecule is C1C2CC3CC1CN(C2)C3.C1CN2CCC1CC2.C1CN2CCN1CC2. The molecule has 0 aromatic heterocycles. The standard InChI is InChI=1S/C9H15N.C7H13N.C6H12N2/c1-7-2-9-3-8(1)5-10(4-7)6-9;1-4-8-5-2-7(1)3-6-8;1-2-8-5-3-7(1)4-6-8/h7-9H,1-6H2;7H,1-6H2;1-6H2. The van der Waals surface area contributed by atoms with Gasteiger partial charge in [-0.2, -0.15) is 0 Å². The Morgan fingerprint density at radius 3 is 0.885 bits per heavy atom. The van der Waals surface area contributed by atoms with Crippen molar-refractivity contribution in [2.24, 2.45) is 23.7 Å². The van der Waals surface area contributed by atoms with E-state index in [9.17, 15) is 0 Å². The highest BCUT2D eigenvalue weighted by Crippen LogP contribution is 2.42. The normalized spacial score (nSPS) is 49.8. The molecule has 4 nitrogen and oxygen atoms in total. The topological polar surface area (TPSA) is 13.0 Å². The Balaban J connectivity index is 0.0000000875. The Bertz CT molecular complexity index is 324. The van der Waals surface area contributed by atoms with E-state index in [4.69, 9.17) is 0 Å². The molecular formula is C22H40N4. The van der Waals surface area contributed by atoms with E-state index >= 15 is 0 Å². The van der Waals surface area contributed by atoms with E-state index in [2.05, 4.69) is 19.6 Å². The summed E-state index contributed by atoms with van der Waals surface area (Å²) in [5.74, 6) is 4.42. The van der Waals surface area contributed by atoms with E-state index < -0.39 is 0 Å². The van der Waals surface area contributed by atoms with Crippen molar-refractivity contribution in [2.75, 3.05) is 78.5 Å². The minimum Gasteiger partial charge on any atom is -0.303 e. The van der Waals surface area contributed by atoms with E-state index in [1.54, 1.807) is 19.3 Å². The molecule has 0 spiro atoms. The molecule has 0 aromatic carbocycles. The van der Waals surface area contributed by atoms with E-state index in [1.807, 2.05) is 0 Å². The third-order valence-corrected chi connectivity index (χ3v) is 8.31. The molecule has 0 amide bonds. The number of rotatable bonds is 0. The maximum absolute atomic E-state index is 2.69. The molecular weight excluding hydrogens is 320 g/mol. The van der Waals surface area contributed by atoms with Crippen LogP contribution in [0, 0.1) is 23.7 Å². The van der Waals surface area contributed by atoms with E-state index in [0.717, 1.165) is 23.7 Å². The smallest absolute Gasteiger partial charge is 0.0110 e. The van der Waals surface area contributed by atoms with Gasteiger partial charge in [0.2, 0.25) is 0 Å². The molecule has 4 heteroatoms. The van der Waals surface area contributed by atoms with Crippen molar-refractivity contribution >= 4 is 0 Å². The van der Waals surface area contributed by atoms with Crippen molar-refractivity contribution in [1.82, 2.24) is 19.6 Å². The molecule has 148 valence electrons. The number of nitrogens with zero attached hydrogens (tertiary/aromatic N) is 4. The van der Waals surface area contributed by atoms with Gasteiger partial charge in [-0.25, -0.2) is 0 Å². The predicted molar refractivity (Wildman–Crippen MR) is 107 cm³/mol. The molecule has 0 unspecified atom stereocenters. The minimum atomic E-state index is 1.10. The lowest BCUT2D eigenvalue weighted by Gasteiger charge is -2.51. The first-order chi connectivity index (χ1) is 12.8. The fraction of sp³-hybridized carbons (Fsp3) is 1.00. The van der Waals surface area contributed by atoms with Crippen LogP contribution in [0.2, 0.25) is 0 Å². The number of piperazine rings is 3. The summed E-state index contributed by atoms with van der Waals surface area (Å²) in [4.78, 5) is 10.4. The number of fused-ring (bicyclic) bond motifs is 6. The summed E-state index contributed by atoms with van der Waals surface area (Å²) in [5.41, 5.74) is 0. The van der Waals surface area contributed by atoms with Crippen LogP contribution in [0.3, 0.4) is 0 Å². The Labute approximate surface area is 160 Å². The monoisotopic (exact) mass is 360 g/mol. The van der Waals surface area contributed by atoms with Gasteiger partial charge < -0.3 is 9.80 Å². The molecule has 9 aliphatic heterocycles. The molecule has 0 radical (unpaired) electrons. The zero-order chi connectivity index (χ0) is 17.3. The summed E-state index contributed by atoms with van der Waals surface area (Å²) in [6.07, 6.45) is 9.15. The van der Waals surface area contributed by atoms with Crippen LogP contribution in [0.25, 0.3) is 0 Å². The fourth-order valence-corrected chi connectivity index (χ4v) is 6.85. The molecule has 1 aliphatic carbocycles. The minimum absolute atomic E-state index is 1.10. The highest BCUT2D eigenvalue weighted by atomic mass is 15.3. The van der Waals surface area contributed by atoms with Crippen LogP contribution in [-0.2, 0) is 0 Å². The number of piperidine rings is 6. The van der Waals surface area contributed by atoms with Crippen molar-refractivity contribution in [3.63, 3.8) is 0 Å². The third kappa shape index (κ3) is 4.29. The summed E-state index contributed by atoms with van der Waals surface area (Å²) >= 11 is 0. The van der Waals surface area contributed by atoms with Crippen molar-refractivity contribution in [3.8, 4) is 0 Å². The Morgan fingerprint density at radius 1 is 0.346 bits per heavy atom. The van der Waals surface area contributed by atoms with Gasteiger partial charge in [0.05, 0.1) is 0 Å². The summed E-state index contributed by atoms with van der Waals surface area (Å²) in [6.45, 7) is 16.4. The maximum atomic E-state index is 2.69. The lowest BCUT2D eigenvalue weighted by atomic mass is 9.68. The molecule has 26 heavy (non-hydrogen) atoms. The zero-order valence-electron chi connectivity index (χ0n) is 16.8. The second kappa shape index (κ2) is 8.06. The lowest BCUT2D eigenvalue weighted by Crippen LogP contribution is -2.55. The van der Waals surface area contributed by atoms with Gasteiger partial charge in [-0.05, 0) is 81.8 Å². The molecule has 10 rings (SSSR count). The van der Waals surface area contributed by atoms with Gasteiger partial charge in [0, 0.05) is 58.9 Å². The van der Waals surface area contributed by atoms with Crippen molar-refractivity contribution in [2.45, 2.75) is 38.5 Å². The van der Waals surface area contributed by atoms with Crippen LogP contribution < -0.4 is 0 Å². The fourth-order valence-electron chi connectivity index (χ4n) is 6.85. The lowest BCUT2D eigenvalue weighted by molar-refractivity contribution is -0.0169. The first kappa shape index (κ1) is 17.9. The zero-order valence-corrected chi connectivity index (χ0v) is 16.8. The van der Waals surface area contributed by atoms with Crippen LogP contribution >= 0.6 is 0 Å². The molecule has 8 bridgehead atoms. The van der Waals surface area contributed by atoms with Crippen LogP contribution in [0.1, 0.15) is 38.5 Å². The third-order valence-electron chi connectivity index (χ3n) is 8.31. The summed E-state index contributed by atoms with van der Waals surface area (Å²) < 4.78 is 0. The van der Waals surface area contributed by atoms with Crippen LogP contribution in [0.15, 0.2) is 0 Å². The van der Waals surface area contributed by atoms with E-state index in [-0.39, 0.29) is 0 Å². The highest BCUT2D eigenvalue weighted by molar-refractivity contribution is 4.93. The molecule has 10 fully saturated rings. The van der Waals surface area contributed by atoms with Crippen molar-refractivity contribution in [3.05, 3.63) is 0 Å². The van der Waals surface area contributed by atoms with Crippen molar-refractivity contribution in [1.29, 1.82) is 0 Å². The van der Waals surface area contributed by atoms with Gasteiger partial charge in [-0.3, -0.25) is 9.80 Å². The quantitative estimate of drug-likeness (QED) is 0.656. The molecule has 0 N–H and O–H groups in total. The van der Waals surface area contributed by atoms with Crippen LogP contribution in [-0.4, -0.2) is 98.1 Å². The largest absolute Gasteiger partial charge is 0.303 e. The second-order valence-corrected chi connectivity index (χ2v) is 10.3. The van der Waals surface area contributed by atoms with E-state index in [1.165, 1.54) is 97.8 Å². The van der Waals surface area contributed by atoms with E-state index in [0.29, 0.717) is 0 Å². The first-order valence-electron chi connectivity index (χ1n) is 11.7. The summed E-state index contributed by atoms with van der Waals surface area (Å²) in [5, 5.41) is 0. The molecule has 0 aromatic rings. The van der Waals surface area contributed by atoms with Crippen LogP contribution in [0.5, 0.6) is 0 Å². The number of hydrogen-bond acceptors (Lipinski definition) is 4.